The summed E-state index contributed by atoms with van der Waals surface area (Å²) in [6, 6.07) is 5.74. The number of halogens is 4. The number of nitrogens with zero attached hydrogens (tertiary/aromatic N) is 2. The summed E-state index contributed by atoms with van der Waals surface area (Å²) in [5.74, 6) is -0.326. The summed E-state index contributed by atoms with van der Waals surface area (Å²) in [6.45, 7) is 0. The van der Waals surface area contributed by atoms with Gasteiger partial charge in [0.2, 0.25) is 5.91 Å². The van der Waals surface area contributed by atoms with E-state index in [1.165, 1.54) is 17.4 Å². The summed E-state index contributed by atoms with van der Waals surface area (Å²) in [5, 5.41) is 12.2. The van der Waals surface area contributed by atoms with Gasteiger partial charge in [0.05, 0.1) is 23.1 Å². The Hall–Kier alpha value is -2.79. The number of amides is 1. The third-order valence-electron chi connectivity index (χ3n) is 3.93. The molecule has 0 aliphatic rings. The van der Waals surface area contributed by atoms with Gasteiger partial charge >= 0.3 is 6.18 Å². The first-order chi connectivity index (χ1) is 13.7. The van der Waals surface area contributed by atoms with Crippen molar-refractivity contribution in [2.45, 2.75) is 12.6 Å². The molecule has 29 heavy (non-hydrogen) atoms. The van der Waals surface area contributed by atoms with Crippen LogP contribution in [-0.4, -0.2) is 23.1 Å². The lowest BCUT2D eigenvalue weighted by Gasteiger charge is -2.10. The van der Waals surface area contributed by atoms with E-state index in [9.17, 15) is 18.0 Å². The number of anilines is 1. The Morgan fingerprint density at radius 3 is 2.86 bits per heavy atom. The molecule has 0 aliphatic heterocycles. The zero-order valence-corrected chi connectivity index (χ0v) is 17.0. The summed E-state index contributed by atoms with van der Waals surface area (Å²) in [5.41, 5.74) is 6.25. The number of aromatic nitrogens is 1. The number of thiophene rings is 1. The number of carbonyl (C=O) groups is 1. The SMILES string of the molecule is N=CN=C(N)c1c(Br)csc1NC(=O)Cc1cccc2cc(C(F)(F)F)cnc12. The molecule has 2 aromatic heterocycles. The second-order valence-corrected chi connectivity index (χ2v) is 7.60. The predicted octanol–water partition coefficient (Wildman–Crippen LogP) is 4.57. The topological polar surface area (TPSA) is 104 Å². The van der Waals surface area contributed by atoms with Crippen molar-refractivity contribution < 1.29 is 18.0 Å². The van der Waals surface area contributed by atoms with E-state index in [2.05, 4.69) is 31.2 Å². The second-order valence-electron chi connectivity index (χ2n) is 5.87. The Balaban J connectivity index is 1.86. The molecule has 0 fully saturated rings. The third kappa shape index (κ3) is 4.62. The Morgan fingerprint density at radius 2 is 2.17 bits per heavy atom. The zero-order chi connectivity index (χ0) is 21.2. The van der Waals surface area contributed by atoms with E-state index in [1.807, 2.05) is 0 Å². The van der Waals surface area contributed by atoms with Gasteiger partial charge in [-0.3, -0.25) is 15.2 Å². The molecule has 2 heterocycles. The van der Waals surface area contributed by atoms with Crippen molar-refractivity contribution in [2.24, 2.45) is 10.7 Å². The van der Waals surface area contributed by atoms with Gasteiger partial charge in [0.15, 0.2) is 0 Å². The number of hydrogen-bond donors (Lipinski definition) is 3. The monoisotopic (exact) mass is 483 g/mol. The molecule has 0 saturated carbocycles. The summed E-state index contributed by atoms with van der Waals surface area (Å²) in [4.78, 5) is 20.2. The van der Waals surface area contributed by atoms with E-state index in [1.54, 1.807) is 17.5 Å². The normalized spacial score (nSPS) is 12.2. The van der Waals surface area contributed by atoms with Gasteiger partial charge in [-0.25, -0.2) is 4.99 Å². The van der Waals surface area contributed by atoms with Crippen LogP contribution in [0.25, 0.3) is 10.9 Å². The van der Waals surface area contributed by atoms with Crippen molar-refractivity contribution in [1.82, 2.24) is 4.98 Å². The van der Waals surface area contributed by atoms with Crippen LogP contribution in [0.3, 0.4) is 0 Å². The Morgan fingerprint density at radius 1 is 1.41 bits per heavy atom. The number of carbonyl (C=O) groups excluding carboxylic acids is 1. The Bertz CT molecular complexity index is 1130. The van der Waals surface area contributed by atoms with Gasteiger partial charge in [-0.05, 0) is 27.6 Å². The van der Waals surface area contributed by atoms with E-state index in [0.29, 0.717) is 31.5 Å². The van der Waals surface area contributed by atoms with Crippen molar-refractivity contribution in [3.63, 3.8) is 0 Å². The summed E-state index contributed by atoms with van der Waals surface area (Å²) in [7, 11) is 0. The largest absolute Gasteiger partial charge is 0.417 e. The van der Waals surface area contributed by atoms with Crippen LogP contribution in [-0.2, 0) is 17.4 Å². The standard InChI is InChI=1S/C18H13BrF3N5OS/c19-12-7-29-17(14(12)16(24)26-8-23)27-13(28)5-10-3-1-2-9-4-11(18(20,21)22)6-25-15(9)10/h1-4,6-8H,5H2,(H,27,28)(H3,23,24,26). The number of nitrogens with one attached hydrogen (secondary N) is 2. The van der Waals surface area contributed by atoms with Gasteiger partial charge in [0.1, 0.15) is 17.2 Å². The van der Waals surface area contributed by atoms with Crippen molar-refractivity contribution in [2.75, 3.05) is 5.32 Å². The van der Waals surface area contributed by atoms with Gasteiger partial charge in [0.25, 0.3) is 0 Å². The average Bonchev–Trinajstić information content (AvgIpc) is 3.01. The first kappa shape index (κ1) is 20.9. The quantitative estimate of drug-likeness (QED) is 0.365. The molecule has 6 nitrogen and oxygen atoms in total. The molecule has 0 aliphatic carbocycles. The maximum atomic E-state index is 12.9. The molecule has 150 valence electrons. The minimum Gasteiger partial charge on any atom is -0.383 e. The van der Waals surface area contributed by atoms with Gasteiger partial charge in [-0.2, -0.15) is 13.2 Å². The van der Waals surface area contributed by atoms with Crippen LogP contribution in [0.5, 0.6) is 0 Å². The van der Waals surface area contributed by atoms with Crippen molar-refractivity contribution in [3.05, 3.63) is 57.0 Å². The number of nitrogens with two attached hydrogens (primary N) is 1. The summed E-state index contributed by atoms with van der Waals surface area (Å²) >= 11 is 4.54. The van der Waals surface area contributed by atoms with Crippen molar-refractivity contribution >= 4 is 61.3 Å². The number of rotatable bonds is 5. The summed E-state index contributed by atoms with van der Waals surface area (Å²) in [6.07, 6.45) is -3.03. The van der Waals surface area contributed by atoms with E-state index >= 15 is 0 Å². The molecule has 11 heteroatoms. The maximum Gasteiger partial charge on any atom is 0.417 e. The fourth-order valence-electron chi connectivity index (χ4n) is 2.67. The fourth-order valence-corrected chi connectivity index (χ4v) is 4.32. The Labute approximate surface area is 175 Å². The first-order valence-electron chi connectivity index (χ1n) is 8.05. The number of hydrogen-bond acceptors (Lipinski definition) is 4. The molecule has 3 aromatic rings. The van der Waals surface area contributed by atoms with Crippen molar-refractivity contribution in [3.8, 4) is 0 Å². The number of fused-ring (bicyclic) bond motifs is 1. The highest BCUT2D eigenvalue weighted by Crippen LogP contribution is 2.33. The van der Waals surface area contributed by atoms with Crippen LogP contribution in [0.15, 0.2) is 45.3 Å². The van der Waals surface area contributed by atoms with Gasteiger partial charge in [-0.15, -0.1) is 11.3 Å². The lowest BCUT2D eigenvalue weighted by Crippen LogP contribution is -2.19. The number of amidine groups is 1. The maximum absolute atomic E-state index is 12.9. The van der Waals surface area contributed by atoms with E-state index < -0.39 is 17.6 Å². The number of alkyl halides is 3. The molecule has 0 spiro atoms. The minimum atomic E-state index is -4.49. The van der Waals surface area contributed by atoms with E-state index in [4.69, 9.17) is 11.1 Å². The fraction of sp³-hybridized carbons (Fsp3) is 0.111. The molecular weight excluding hydrogens is 471 g/mol. The highest BCUT2D eigenvalue weighted by molar-refractivity contribution is 9.10. The molecule has 0 bridgehead atoms. The Kier molecular flexibility index (Phi) is 5.99. The smallest absolute Gasteiger partial charge is 0.383 e. The first-order valence-corrected chi connectivity index (χ1v) is 9.72. The van der Waals surface area contributed by atoms with Crippen LogP contribution in [0.4, 0.5) is 18.2 Å². The molecule has 1 amide bonds. The number of benzene rings is 1. The van der Waals surface area contributed by atoms with Crippen LogP contribution in [0.1, 0.15) is 16.7 Å². The van der Waals surface area contributed by atoms with E-state index in [0.717, 1.165) is 18.6 Å². The lowest BCUT2D eigenvalue weighted by atomic mass is 10.1. The predicted molar refractivity (Wildman–Crippen MR) is 111 cm³/mol. The molecular formula is C18H13BrF3N5OS. The number of aliphatic imine (C=N–C) groups is 1. The molecule has 1 aromatic carbocycles. The molecule has 0 saturated heterocycles. The molecule has 0 radical (unpaired) electrons. The van der Waals surface area contributed by atoms with Crippen LogP contribution < -0.4 is 11.1 Å². The molecule has 4 N–H and O–H groups in total. The molecule has 0 unspecified atom stereocenters. The van der Waals surface area contributed by atoms with Crippen LogP contribution in [0.2, 0.25) is 0 Å². The highest BCUT2D eigenvalue weighted by atomic mass is 79.9. The summed E-state index contributed by atoms with van der Waals surface area (Å²) < 4.78 is 39.3. The average molecular weight is 484 g/mol. The second kappa shape index (κ2) is 8.29. The van der Waals surface area contributed by atoms with Gasteiger partial charge in [0, 0.05) is 21.4 Å². The van der Waals surface area contributed by atoms with Gasteiger partial charge in [-0.1, -0.05) is 18.2 Å². The molecule has 0 atom stereocenters. The number of pyridine rings is 1. The highest BCUT2D eigenvalue weighted by Gasteiger charge is 2.31. The van der Waals surface area contributed by atoms with Gasteiger partial charge < -0.3 is 11.1 Å². The number of para-hydroxylation sites is 1. The zero-order valence-electron chi connectivity index (χ0n) is 14.5. The third-order valence-corrected chi connectivity index (χ3v) is 5.76. The van der Waals surface area contributed by atoms with Crippen molar-refractivity contribution in [1.29, 1.82) is 5.41 Å². The molecule has 3 rings (SSSR count). The van der Waals surface area contributed by atoms with Crippen LogP contribution >= 0.6 is 27.3 Å². The lowest BCUT2D eigenvalue weighted by molar-refractivity contribution is -0.137. The van der Waals surface area contributed by atoms with E-state index in [-0.39, 0.29) is 12.3 Å². The minimum absolute atomic E-state index is 0.0648. The van der Waals surface area contributed by atoms with Crippen LogP contribution in [0, 0.1) is 5.41 Å².